The Labute approximate surface area is 158 Å². The van der Waals surface area contributed by atoms with E-state index in [1.165, 1.54) is 18.1 Å². The third kappa shape index (κ3) is 7.32. The first-order chi connectivity index (χ1) is 12.8. The Morgan fingerprint density at radius 1 is 0.963 bits per heavy atom. The lowest BCUT2D eigenvalue weighted by Crippen LogP contribution is -2.36. The Morgan fingerprint density at radius 3 is 2.07 bits per heavy atom. The maximum atomic E-state index is 13.4. The summed E-state index contributed by atoms with van der Waals surface area (Å²) in [5.74, 6) is -3.03. The molecule has 0 saturated heterocycles. The molecule has 0 aromatic heterocycles. The number of esters is 1. The van der Waals surface area contributed by atoms with Gasteiger partial charge < -0.3 is 14.5 Å². The van der Waals surface area contributed by atoms with E-state index in [1.54, 1.807) is 4.90 Å². The minimum absolute atomic E-state index is 0.0343. The number of halogens is 2. The highest BCUT2D eigenvalue weighted by molar-refractivity contribution is 5.82. The Hall–Kier alpha value is -2.51. The van der Waals surface area contributed by atoms with E-state index in [-0.39, 0.29) is 37.7 Å². The normalized spacial score (nSPS) is 10.4. The molecular formula is C19H26F2N2O4. The maximum absolute atomic E-state index is 13.4. The fraction of sp³-hybridized carbons (Fsp3) is 0.526. The van der Waals surface area contributed by atoms with Crippen molar-refractivity contribution >= 4 is 17.8 Å². The van der Waals surface area contributed by atoms with E-state index >= 15 is 0 Å². The molecule has 1 aromatic carbocycles. The first-order valence-electron chi connectivity index (χ1n) is 8.88. The molecular weight excluding hydrogens is 358 g/mol. The summed E-state index contributed by atoms with van der Waals surface area (Å²) in [6.45, 7) is 4.61. The molecule has 2 amide bonds. The molecule has 8 heteroatoms. The van der Waals surface area contributed by atoms with Crippen LogP contribution in [-0.4, -0.2) is 54.3 Å². The highest BCUT2D eigenvalue weighted by Gasteiger charge is 2.19. The third-order valence-electron chi connectivity index (χ3n) is 4.16. The summed E-state index contributed by atoms with van der Waals surface area (Å²) < 4.78 is 31.0. The zero-order valence-electron chi connectivity index (χ0n) is 16.0. The summed E-state index contributed by atoms with van der Waals surface area (Å²) in [5.41, 5.74) is 0.352. The third-order valence-corrected chi connectivity index (χ3v) is 4.16. The quantitative estimate of drug-likeness (QED) is 0.582. The predicted molar refractivity (Wildman–Crippen MR) is 95.6 cm³/mol. The van der Waals surface area contributed by atoms with E-state index in [9.17, 15) is 23.2 Å². The van der Waals surface area contributed by atoms with E-state index in [0.29, 0.717) is 25.1 Å². The van der Waals surface area contributed by atoms with Crippen LogP contribution in [-0.2, 0) is 25.7 Å². The SMILES string of the molecule is CCN(CC)C(=O)CCCC(=O)N(CC(=O)OC)Cc1ccc(F)c(F)c1. The molecule has 0 fully saturated rings. The van der Waals surface area contributed by atoms with Gasteiger partial charge in [0.1, 0.15) is 6.54 Å². The van der Waals surface area contributed by atoms with E-state index in [2.05, 4.69) is 4.74 Å². The number of benzene rings is 1. The number of methoxy groups -OCH3 is 1. The monoisotopic (exact) mass is 384 g/mol. The number of ether oxygens (including phenoxy) is 1. The van der Waals surface area contributed by atoms with Crippen LogP contribution in [0.15, 0.2) is 18.2 Å². The number of carbonyl (C=O) groups excluding carboxylic acids is 3. The van der Waals surface area contributed by atoms with Crippen molar-refractivity contribution < 1.29 is 27.9 Å². The molecule has 1 rings (SSSR count). The molecule has 0 aliphatic heterocycles. The molecule has 0 heterocycles. The van der Waals surface area contributed by atoms with Gasteiger partial charge in [-0.1, -0.05) is 6.07 Å². The van der Waals surface area contributed by atoms with Gasteiger partial charge in [0.2, 0.25) is 11.8 Å². The molecule has 0 bridgehead atoms. The molecule has 0 N–H and O–H groups in total. The van der Waals surface area contributed by atoms with Gasteiger partial charge in [0.05, 0.1) is 7.11 Å². The molecule has 0 aliphatic rings. The molecule has 1 aromatic rings. The molecule has 0 spiro atoms. The van der Waals surface area contributed by atoms with Gasteiger partial charge in [-0.2, -0.15) is 0 Å². The summed E-state index contributed by atoms with van der Waals surface area (Å²) in [7, 11) is 1.20. The molecule has 0 radical (unpaired) electrons. The standard InChI is InChI=1S/C19H26F2N2O4/c1-4-22(5-2)17(24)7-6-8-18(25)23(13-19(26)27-3)12-14-9-10-15(20)16(21)11-14/h9-11H,4-8,12-13H2,1-3H3. The summed E-state index contributed by atoms with van der Waals surface area (Å²) in [6, 6.07) is 3.30. The zero-order valence-corrected chi connectivity index (χ0v) is 16.0. The first-order valence-corrected chi connectivity index (χ1v) is 8.88. The van der Waals surface area contributed by atoms with Gasteiger partial charge in [-0.05, 0) is 38.0 Å². The lowest BCUT2D eigenvalue weighted by molar-refractivity contribution is -0.147. The van der Waals surface area contributed by atoms with Gasteiger partial charge in [-0.3, -0.25) is 14.4 Å². The number of amides is 2. The lowest BCUT2D eigenvalue weighted by Gasteiger charge is -2.22. The average Bonchev–Trinajstić information content (AvgIpc) is 2.64. The van der Waals surface area contributed by atoms with Crippen molar-refractivity contribution in [3.63, 3.8) is 0 Å². The van der Waals surface area contributed by atoms with E-state index < -0.39 is 17.6 Å². The van der Waals surface area contributed by atoms with Crippen LogP contribution in [0.25, 0.3) is 0 Å². The molecule has 150 valence electrons. The Bertz CT molecular complexity index is 663. The Morgan fingerprint density at radius 2 is 1.56 bits per heavy atom. The van der Waals surface area contributed by atoms with Gasteiger partial charge in [0.15, 0.2) is 11.6 Å². The van der Waals surface area contributed by atoms with E-state index in [4.69, 9.17) is 0 Å². The molecule has 0 aliphatic carbocycles. The molecule has 6 nitrogen and oxygen atoms in total. The Balaban J connectivity index is 2.71. The van der Waals surface area contributed by atoms with Crippen LogP contribution in [0.4, 0.5) is 8.78 Å². The van der Waals surface area contributed by atoms with Gasteiger partial charge in [0, 0.05) is 32.5 Å². The van der Waals surface area contributed by atoms with Crippen molar-refractivity contribution in [2.24, 2.45) is 0 Å². The topological polar surface area (TPSA) is 66.9 Å². The van der Waals surface area contributed by atoms with Crippen LogP contribution >= 0.6 is 0 Å². The van der Waals surface area contributed by atoms with Crippen molar-refractivity contribution in [3.8, 4) is 0 Å². The number of carbonyl (C=O) groups is 3. The minimum Gasteiger partial charge on any atom is -0.468 e. The second kappa shape index (κ2) is 11.3. The molecule has 0 atom stereocenters. The minimum atomic E-state index is -1.03. The van der Waals surface area contributed by atoms with Gasteiger partial charge in [-0.25, -0.2) is 8.78 Å². The molecule has 0 saturated carbocycles. The van der Waals surface area contributed by atoms with Crippen molar-refractivity contribution in [3.05, 3.63) is 35.4 Å². The number of hydrogen-bond acceptors (Lipinski definition) is 4. The van der Waals surface area contributed by atoms with Crippen molar-refractivity contribution in [2.75, 3.05) is 26.7 Å². The maximum Gasteiger partial charge on any atom is 0.325 e. The summed E-state index contributed by atoms with van der Waals surface area (Å²) >= 11 is 0. The van der Waals surface area contributed by atoms with E-state index in [1.807, 2.05) is 13.8 Å². The first kappa shape index (κ1) is 22.5. The number of rotatable bonds is 10. The van der Waals surface area contributed by atoms with Crippen LogP contribution in [0.3, 0.4) is 0 Å². The largest absolute Gasteiger partial charge is 0.468 e. The van der Waals surface area contributed by atoms with Crippen LogP contribution in [0, 0.1) is 11.6 Å². The summed E-state index contributed by atoms with van der Waals surface area (Å²) in [5, 5.41) is 0. The predicted octanol–water partition coefficient (Wildman–Crippen LogP) is 2.51. The highest BCUT2D eigenvalue weighted by Crippen LogP contribution is 2.13. The van der Waals surface area contributed by atoms with Crippen molar-refractivity contribution in [1.82, 2.24) is 9.80 Å². The van der Waals surface area contributed by atoms with Crippen LogP contribution < -0.4 is 0 Å². The molecule has 27 heavy (non-hydrogen) atoms. The Kier molecular flexibility index (Phi) is 9.39. The number of nitrogens with zero attached hydrogens (tertiary/aromatic N) is 2. The second-order valence-electron chi connectivity index (χ2n) is 5.99. The molecule has 0 unspecified atom stereocenters. The van der Waals surface area contributed by atoms with Gasteiger partial charge in [-0.15, -0.1) is 0 Å². The smallest absolute Gasteiger partial charge is 0.325 e. The fourth-order valence-electron chi connectivity index (χ4n) is 2.59. The second-order valence-corrected chi connectivity index (χ2v) is 5.99. The van der Waals surface area contributed by atoms with Crippen LogP contribution in [0.2, 0.25) is 0 Å². The average molecular weight is 384 g/mol. The number of hydrogen-bond donors (Lipinski definition) is 0. The zero-order chi connectivity index (χ0) is 20.4. The summed E-state index contributed by atoms with van der Waals surface area (Å²) in [4.78, 5) is 38.9. The summed E-state index contributed by atoms with van der Waals surface area (Å²) in [6.07, 6.45) is 0.627. The van der Waals surface area contributed by atoms with Crippen molar-refractivity contribution in [2.45, 2.75) is 39.7 Å². The van der Waals surface area contributed by atoms with E-state index in [0.717, 1.165) is 12.1 Å². The van der Waals surface area contributed by atoms with Crippen LogP contribution in [0.5, 0.6) is 0 Å². The highest BCUT2D eigenvalue weighted by atomic mass is 19.2. The lowest BCUT2D eigenvalue weighted by atomic mass is 10.1. The fourth-order valence-corrected chi connectivity index (χ4v) is 2.59. The van der Waals surface area contributed by atoms with Crippen molar-refractivity contribution in [1.29, 1.82) is 0 Å². The van der Waals surface area contributed by atoms with Gasteiger partial charge in [0.25, 0.3) is 0 Å². The van der Waals surface area contributed by atoms with Gasteiger partial charge >= 0.3 is 5.97 Å². The van der Waals surface area contributed by atoms with Crippen LogP contribution in [0.1, 0.15) is 38.7 Å².